The zero-order chi connectivity index (χ0) is 12.1. The quantitative estimate of drug-likeness (QED) is 0.645. The van der Waals surface area contributed by atoms with Gasteiger partial charge in [-0.2, -0.15) is 0 Å². The van der Waals surface area contributed by atoms with E-state index in [1.165, 1.54) is 0 Å². The summed E-state index contributed by atoms with van der Waals surface area (Å²) in [5, 5.41) is 5.98. The fourth-order valence-electron chi connectivity index (χ4n) is 2.06. The number of nitrogens with one attached hydrogen (secondary N) is 2. The van der Waals surface area contributed by atoms with Crippen LogP contribution in [0.4, 0.5) is 0 Å². The number of hydrogen-bond donors (Lipinski definition) is 2. The summed E-state index contributed by atoms with van der Waals surface area (Å²) in [5.41, 5.74) is 0. The topological polar surface area (TPSA) is 70.7 Å². The summed E-state index contributed by atoms with van der Waals surface area (Å²) in [7, 11) is 0. The highest BCUT2D eigenvalue weighted by atomic mass is 16.5. The van der Waals surface area contributed by atoms with Gasteiger partial charge < -0.3 is 20.3 Å². The molecule has 2 heterocycles. The van der Waals surface area contributed by atoms with Crippen molar-refractivity contribution in [3.63, 3.8) is 0 Å². The molecule has 2 aliphatic rings. The van der Waals surface area contributed by atoms with Crippen molar-refractivity contribution >= 4 is 11.8 Å². The molecule has 2 N–H and O–H groups in total. The van der Waals surface area contributed by atoms with Crippen molar-refractivity contribution in [2.45, 2.75) is 18.9 Å². The minimum absolute atomic E-state index is 0.0996. The Morgan fingerprint density at radius 1 is 1.47 bits per heavy atom. The van der Waals surface area contributed by atoms with E-state index in [2.05, 4.69) is 10.6 Å². The van der Waals surface area contributed by atoms with Gasteiger partial charge in [0, 0.05) is 32.1 Å². The summed E-state index contributed by atoms with van der Waals surface area (Å²) in [6, 6.07) is 0.220. The maximum atomic E-state index is 11.8. The standard InChI is InChI=1S/C11H19N3O3/c15-10-2-1-9(7-13-10)12-8-11(16)14-3-5-17-6-4-14/h9,12H,1-8H2,(H,13,15). The molecule has 0 aromatic carbocycles. The fourth-order valence-corrected chi connectivity index (χ4v) is 2.06. The van der Waals surface area contributed by atoms with E-state index in [0.717, 1.165) is 6.42 Å². The molecule has 2 saturated heterocycles. The zero-order valence-electron chi connectivity index (χ0n) is 9.91. The number of amides is 2. The first-order valence-corrected chi connectivity index (χ1v) is 6.11. The van der Waals surface area contributed by atoms with Gasteiger partial charge in [-0.15, -0.1) is 0 Å². The fraction of sp³-hybridized carbons (Fsp3) is 0.818. The first-order chi connectivity index (χ1) is 8.25. The van der Waals surface area contributed by atoms with Gasteiger partial charge in [0.25, 0.3) is 0 Å². The largest absolute Gasteiger partial charge is 0.378 e. The molecule has 2 aliphatic heterocycles. The molecule has 2 amide bonds. The molecule has 0 saturated carbocycles. The number of carbonyl (C=O) groups is 2. The van der Waals surface area contributed by atoms with Gasteiger partial charge in [0.05, 0.1) is 19.8 Å². The summed E-state index contributed by atoms with van der Waals surface area (Å²) in [6.45, 7) is 3.59. The van der Waals surface area contributed by atoms with Gasteiger partial charge >= 0.3 is 0 Å². The van der Waals surface area contributed by atoms with E-state index in [-0.39, 0.29) is 17.9 Å². The van der Waals surface area contributed by atoms with Crippen LogP contribution in [0.15, 0.2) is 0 Å². The summed E-state index contributed by atoms with van der Waals surface area (Å²) in [5.74, 6) is 0.216. The Morgan fingerprint density at radius 3 is 2.88 bits per heavy atom. The Morgan fingerprint density at radius 2 is 2.24 bits per heavy atom. The first kappa shape index (κ1) is 12.3. The Kier molecular flexibility index (Phi) is 4.33. The highest BCUT2D eigenvalue weighted by Gasteiger charge is 2.20. The third kappa shape index (κ3) is 3.67. The van der Waals surface area contributed by atoms with E-state index >= 15 is 0 Å². The predicted molar refractivity (Wildman–Crippen MR) is 61.4 cm³/mol. The number of ether oxygens (including phenoxy) is 1. The van der Waals surface area contributed by atoms with Gasteiger partial charge in [0.15, 0.2) is 0 Å². The van der Waals surface area contributed by atoms with Crippen LogP contribution in [0.5, 0.6) is 0 Å². The average Bonchev–Trinajstić information content (AvgIpc) is 2.39. The van der Waals surface area contributed by atoms with Crippen molar-refractivity contribution in [1.82, 2.24) is 15.5 Å². The lowest BCUT2D eigenvalue weighted by Gasteiger charge is -2.28. The van der Waals surface area contributed by atoms with E-state index in [1.807, 2.05) is 4.90 Å². The number of hydrogen-bond acceptors (Lipinski definition) is 4. The van der Waals surface area contributed by atoms with E-state index in [0.29, 0.717) is 45.8 Å². The van der Waals surface area contributed by atoms with Crippen LogP contribution in [0, 0.1) is 0 Å². The summed E-state index contributed by atoms with van der Waals surface area (Å²) in [4.78, 5) is 24.6. The lowest BCUT2D eigenvalue weighted by atomic mass is 10.1. The van der Waals surface area contributed by atoms with Gasteiger partial charge in [0.2, 0.25) is 11.8 Å². The van der Waals surface area contributed by atoms with Crippen LogP contribution in [-0.2, 0) is 14.3 Å². The van der Waals surface area contributed by atoms with Gasteiger partial charge in [-0.25, -0.2) is 0 Å². The van der Waals surface area contributed by atoms with Gasteiger partial charge in [-0.05, 0) is 6.42 Å². The van der Waals surface area contributed by atoms with Crippen molar-refractivity contribution in [3.05, 3.63) is 0 Å². The minimum Gasteiger partial charge on any atom is -0.378 e. The number of rotatable bonds is 3. The molecule has 0 aromatic rings. The van der Waals surface area contributed by atoms with Gasteiger partial charge in [0.1, 0.15) is 0 Å². The molecule has 17 heavy (non-hydrogen) atoms. The molecule has 0 spiro atoms. The Labute approximate surface area is 101 Å². The number of piperidine rings is 1. The van der Waals surface area contributed by atoms with Crippen LogP contribution in [0.2, 0.25) is 0 Å². The second-order valence-corrected chi connectivity index (χ2v) is 4.41. The van der Waals surface area contributed by atoms with E-state index in [1.54, 1.807) is 0 Å². The van der Waals surface area contributed by atoms with Crippen molar-refractivity contribution < 1.29 is 14.3 Å². The molecule has 2 rings (SSSR count). The molecule has 0 aromatic heterocycles. The monoisotopic (exact) mass is 241 g/mol. The average molecular weight is 241 g/mol. The molecule has 96 valence electrons. The molecule has 0 aliphatic carbocycles. The molecule has 0 radical (unpaired) electrons. The third-order valence-electron chi connectivity index (χ3n) is 3.17. The molecule has 6 nitrogen and oxygen atoms in total. The Balaban J connectivity index is 1.67. The predicted octanol–water partition coefficient (Wildman–Crippen LogP) is -1.29. The minimum atomic E-state index is 0.0996. The summed E-state index contributed by atoms with van der Waals surface area (Å²) < 4.78 is 5.19. The number of carbonyl (C=O) groups excluding carboxylic acids is 2. The van der Waals surface area contributed by atoms with Crippen LogP contribution in [0.1, 0.15) is 12.8 Å². The van der Waals surface area contributed by atoms with Crippen LogP contribution in [0.3, 0.4) is 0 Å². The summed E-state index contributed by atoms with van der Waals surface area (Å²) >= 11 is 0. The molecule has 1 unspecified atom stereocenters. The Hall–Kier alpha value is -1.14. The summed E-state index contributed by atoms with van der Waals surface area (Å²) in [6.07, 6.45) is 1.35. The molecule has 6 heteroatoms. The Bertz CT molecular complexity index is 280. The lowest BCUT2D eigenvalue weighted by Crippen LogP contribution is -2.50. The number of nitrogens with zero attached hydrogens (tertiary/aromatic N) is 1. The van der Waals surface area contributed by atoms with E-state index in [9.17, 15) is 9.59 Å². The maximum Gasteiger partial charge on any atom is 0.236 e. The highest BCUT2D eigenvalue weighted by molar-refractivity contribution is 5.78. The normalized spacial score (nSPS) is 25.5. The third-order valence-corrected chi connectivity index (χ3v) is 3.17. The first-order valence-electron chi connectivity index (χ1n) is 6.11. The molecule has 0 bridgehead atoms. The van der Waals surface area contributed by atoms with E-state index < -0.39 is 0 Å². The van der Waals surface area contributed by atoms with Gasteiger partial charge in [-0.3, -0.25) is 9.59 Å². The second-order valence-electron chi connectivity index (χ2n) is 4.41. The van der Waals surface area contributed by atoms with Crippen molar-refractivity contribution in [2.75, 3.05) is 39.4 Å². The molecule has 2 fully saturated rings. The maximum absolute atomic E-state index is 11.8. The SMILES string of the molecule is O=C1CCC(NCC(=O)N2CCOCC2)CN1. The van der Waals surface area contributed by atoms with Crippen LogP contribution in [0.25, 0.3) is 0 Å². The smallest absolute Gasteiger partial charge is 0.236 e. The lowest BCUT2D eigenvalue weighted by molar-refractivity contribution is -0.134. The van der Waals surface area contributed by atoms with Gasteiger partial charge in [-0.1, -0.05) is 0 Å². The molecular formula is C11H19N3O3. The van der Waals surface area contributed by atoms with Crippen molar-refractivity contribution in [2.24, 2.45) is 0 Å². The zero-order valence-corrected chi connectivity index (χ0v) is 9.91. The second kappa shape index (κ2) is 5.97. The van der Waals surface area contributed by atoms with Crippen LogP contribution < -0.4 is 10.6 Å². The molecule has 1 atom stereocenters. The van der Waals surface area contributed by atoms with E-state index in [4.69, 9.17) is 4.74 Å². The van der Waals surface area contributed by atoms with Crippen LogP contribution in [-0.4, -0.2) is 62.1 Å². The number of morpholine rings is 1. The van der Waals surface area contributed by atoms with Crippen LogP contribution >= 0.6 is 0 Å². The van der Waals surface area contributed by atoms with Crippen molar-refractivity contribution in [1.29, 1.82) is 0 Å². The van der Waals surface area contributed by atoms with Crippen molar-refractivity contribution in [3.8, 4) is 0 Å². The molecular weight excluding hydrogens is 222 g/mol. The highest BCUT2D eigenvalue weighted by Crippen LogP contribution is 2.03.